The number of piperidine rings is 1. The SMILES string of the molecule is CCCNc1cc(N2CCCC(C)(C)C2)nc(C2CC2)n1. The normalized spacial score (nSPS) is 21.4. The van der Waals surface area contributed by atoms with Gasteiger partial charge in [-0.05, 0) is 37.5 Å². The molecule has 1 saturated carbocycles. The van der Waals surface area contributed by atoms with E-state index in [2.05, 4.69) is 37.1 Å². The molecule has 0 radical (unpaired) electrons. The molecule has 1 aliphatic heterocycles. The van der Waals surface area contributed by atoms with Crippen LogP contribution in [-0.4, -0.2) is 29.6 Å². The van der Waals surface area contributed by atoms with Crippen molar-refractivity contribution in [2.45, 2.75) is 58.8 Å². The molecule has 0 atom stereocenters. The van der Waals surface area contributed by atoms with Crippen LogP contribution in [-0.2, 0) is 0 Å². The molecule has 0 spiro atoms. The molecule has 21 heavy (non-hydrogen) atoms. The third-order valence-corrected chi connectivity index (χ3v) is 4.45. The topological polar surface area (TPSA) is 41.0 Å². The van der Waals surface area contributed by atoms with E-state index >= 15 is 0 Å². The first-order valence-corrected chi connectivity index (χ1v) is 8.45. The summed E-state index contributed by atoms with van der Waals surface area (Å²) in [7, 11) is 0. The summed E-state index contributed by atoms with van der Waals surface area (Å²) in [6.07, 6.45) is 6.19. The van der Waals surface area contributed by atoms with Crippen LogP contribution in [0.3, 0.4) is 0 Å². The maximum atomic E-state index is 4.87. The zero-order valence-corrected chi connectivity index (χ0v) is 13.7. The average Bonchev–Trinajstić information content (AvgIpc) is 3.28. The van der Waals surface area contributed by atoms with Crippen LogP contribution in [0.4, 0.5) is 11.6 Å². The Bertz CT molecular complexity index is 494. The Balaban J connectivity index is 1.83. The second-order valence-electron chi connectivity index (χ2n) is 7.36. The lowest BCUT2D eigenvalue weighted by Gasteiger charge is -2.38. The van der Waals surface area contributed by atoms with Crippen molar-refractivity contribution in [2.24, 2.45) is 5.41 Å². The second-order valence-corrected chi connectivity index (χ2v) is 7.36. The lowest BCUT2D eigenvalue weighted by atomic mass is 9.84. The van der Waals surface area contributed by atoms with E-state index in [4.69, 9.17) is 9.97 Å². The van der Waals surface area contributed by atoms with Crippen molar-refractivity contribution >= 4 is 11.6 Å². The van der Waals surface area contributed by atoms with E-state index in [0.717, 1.165) is 43.5 Å². The van der Waals surface area contributed by atoms with Crippen molar-refractivity contribution < 1.29 is 0 Å². The van der Waals surface area contributed by atoms with Gasteiger partial charge in [0.15, 0.2) is 0 Å². The van der Waals surface area contributed by atoms with Crippen LogP contribution >= 0.6 is 0 Å². The van der Waals surface area contributed by atoms with Crippen molar-refractivity contribution in [3.05, 3.63) is 11.9 Å². The highest BCUT2D eigenvalue weighted by molar-refractivity contribution is 5.50. The summed E-state index contributed by atoms with van der Waals surface area (Å²) < 4.78 is 0. The number of aromatic nitrogens is 2. The summed E-state index contributed by atoms with van der Waals surface area (Å²) in [6.45, 7) is 10.1. The maximum absolute atomic E-state index is 4.87. The van der Waals surface area contributed by atoms with E-state index in [-0.39, 0.29) is 0 Å². The molecule has 0 amide bonds. The minimum atomic E-state index is 0.389. The van der Waals surface area contributed by atoms with Gasteiger partial charge in [-0.2, -0.15) is 0 Å². The van der Waals surface area contributed by atoms with Crippen LogP contribution in [0.25, 0.3) is 0 Å². The molecule has 2 heterocycles. The largest absolute Gasteiger partial charge is 0.370 e. The van der Waals surface area contributed by atoms with Gasteiger partial charge in [0.05, 0.1) is 0 Å². The molecular weight excluding hydrogens is 260 g/mol. The maximum Gasteiger partial charge on any atom is 0.136 e. The van der Waals surface area contributed by atoms with E-state index in [1.165, 1.54) is 25.7 Å². The highest BCUT2D eigenvalue weighted by atomic mass is 15.2. The number of hydrogen-bond acceptors (Lipinski definition) is 4. The van der Waals surface area contributed by atoms with Gasteiger partial charge in [-0.1, -0.05) is 20.8 Å². The Morgan fingerprint density at radius 2 is 2.14 bits per heavy atom. The minimum absolute atomic E-state index is 0.389. The number of hydrogen-bond donors (Lipinski definition) is 1. The molecule has 1 N–H and O–H groups in total. The fraction of sp³-hybridized carbons (Fsp3) is 0.765. The molecule has 3 rings (SSSR count). The van der Waals surface area contributed by atoms with Crippen LogP contribution in [0.15, 0.2) is 6.07 Å². The predicted octanol–water partition coefficient (Wildman–Crippen LogP) is 3.80. The van der Waals surface area contributed by atoms with E-state index in [9.17, 15) is 0 Å². The number of nitrogens with one attached hydrogen (secondary N) is 1. The van der Waals surface area contributed by atoms with Gasteiger partial charge in [-0.25, -0.2) is 9.97 Å². The van der Waals surface area contributed by atoms with Gasteiger partial charge in [0.25, 0.3) is 0 Å². The fourth-order valence-corrected chi connectivity index (χ4v) is 3.10. The first-order chi connectivity index (χ1) is 10.1. The molecule has 0 aromatic carbocycles. The number of anilines is 2. The van der Waals surface area contributed by atoms with Crippen LogP contribution in [0.5, 0.6) is 0 Å². The highest BCUT2D eigenvalue weighted by Crippen LogP contribution is 2.39. The van der Waals surface area contributed by atoms with Crippen molar-refractivity contribution in [3.63, 3.8) is 0 Å². The second kappa shape index (κ2) is 5.82. The van der Waals surface area contributed by atoms with Crippen molar-refractivity contribution in [3.8, 4) is 0 Å². The molecular formula is C17H28N4. The molecule has 2 fully saturated rings. The first-order valence-electron chi connectivity index (χ1n) is 8.45. The van der Waals surface area contributed by atoms with Gasteiger partial charge in [0, 0.05) is 31.6 Å². The monoisotopic (exact) mass is 288 g/mol. The summed E-state index contributed by atoms with van der Waals surface area (Å²) in [4.78, 5) is 12.0. The van der Waals surface area contributed by atoms with Gasteiger partial charge < -0.3 is 10.2 Å². The Kier molecular flexibility index (Phi) is 4.05. The zero-order chi connectivity index (χ0) is 14.9. The van der Waals surface area contributed by atoms with Crippen molar-refractivity contribution in [1.29, 1.82) is 0 Å². The van der Waals surface area contributed by atoms with Gasteiger partial charge in [-0.3, -0.25) is 0 Å². The molecule has 2 aliphatic rings. The molecule has 0 unspecified atom stereocenters. The van der Waals surface area contributed by atoms with Gasteiger partial charge in [0.2, 0.25) is 0 Å². The highest BCUT2D eigenvalue weighted by Gasteiger charge is 2.30. The molecule has 4 heteroatoms. The lowest BCUT2D eigenvalue weighted by Crippen LogP contribution is -2.40. The van der Waals surface area contributed by atoms with E-state index in [1.54, 1.807) is 0 Å². The average molecular weight is 288 g/mol. The van der Waals surface area contributed by atoms with Gasteiger partial charge in [-0.15, -0.1) is 0 Å². The summed E-state index contributed by atoms with van der Waals surface area (Å²) >= 11 is 0. The van der Waals surface area contributed by atoms with Crippen molar-refractivity contribution in [1.82, 2.24) is 9.97 Å². The molecule has 1 aliphatic carbocycles. The molecule has 1 aromatic heterocycles. The van der Waals surface area contributed by atoms with E-state index in [1.807, 2.05) is 0 Å². The van der Waals surface area contributed by atoms with Crippen LogP contribution in [0.1, 0.15) is 64.6 Å². The fourth-order valence-electron chi connectivity index (χ4n) is 3.10. The third-order valence-electron chi connectivity index (χ3n) is 4.45. The summed E-state index contributed by atoms with van der Waals surface area (Å²) in [5.41, 5.74) is 0.389. The quantitative estimate of drug-likeness (QED) is 0.894. The minimum Gasteiger partial charge on any atom is -0.370 e. The van der Waals surface area contributed by atoms with Gasteiger partial charge >= 0.3 is 0 Å². The lowest BCUT2D eigenvalue weighted by molar-refractivity contribution is 0.292. The van der Waals surface area contributed by atoms with Crippen molar-refractivity contribution in [2.75, 3.05) is 29.9 Å². The molecule has 1 saturated heterocycles. The van der Waals surface area contributed by atoms with Crippen LogP contribution < -0.4 is 10.2 Å². The summed E-state index contributed by atoms with van der Waals surface area (Å²) in [5, 5.41) is 3.44. The Morgan fingerprint density at radius 3 is 2.81 bits per heavy atom. The standard InChI is InChI=1S/C17H28N4/c1-4-9-18-14-11-15(20-16(19-14)13-6-7-13)21-10-5-8-17(2,3)12-21/h11,13H,4-10,12H2,1-3H3,(H,18,19,20). The first kappa shape index (κ1) is 14.6. The Hall–Kier alpha value is -1.32. The summed E-state index contributed by atoms with van der Waals surface area (Å²) in [6, 6.07) is 2.14. The molecule has 4 nitrogen and oxygen atoms in total. The molecule has 116 valence electrons. The van der Waals surface area contributed by atoms with Gasteiger partial charge in [0.1, 0.15) is 17.5 Å². The van der Waals surface area contributed by atoms with E-state index < -0.39 is 0 Å². The third kappa shape index (κ3) is 3.66. The van der Waals surface area contributed by atoms with E-state index in [0.29, 0.717) is 11.3 Å². The van der Waals surface area contributed by atoms with Crippen LogP contribution in [0, 0.1) is 5.41 Å². The number of rotatable bonds is 5. The Morgan fingerprint density at radius 1 is 1.33 bits per heavy atom. The number of nitrogens with zero attached hydrogens (tertiary/aromatic N) is 3. The smallest absolute Gasteiger partial charge is 0.136 e. The zero-order valence-electron chi connectivity index (χ0n) is 13.7. The Labute approximate surface area is 128 Å². The predicted molar refractivity (Wildman–Crippen MR) is 88.0 cm³/mol. The van der Waals surface area contributed by atoms with Crippen LogP contribution in [0.2, 0.25) is 0 Å². The summed E-state index contributed by atoms with van der Waals surface area (Å²) in [5.74, 6) is 3.78. The molecule has 1 aromatic rings. The molecule has 0 bridgehead atoms.